The molecule has 0 aliphatic heterocycles. The van der Waals surface area contributed by atoms with Gasteiger partial charge in [0.05, 0.1) is 11.4 Å². The lowest BCUT2D eigenvalue weighted by Crippen LogP contribution is -1.99. The molecule has 3 nitrogen and oxygen atoms in total. The van der Waals surface area contributed by atoms with E-state index >= 15 is 0 Å². The predicted octanol–water partition coefficient (Wildman–Crippen LogP) is 7.01. The zero-order valence-corrected chi connectivity index (χ0v) is 19.0. The van der Waals surface area contributed by atoms with E-state index in [1.807, 2.05) is 54.7 Å². The molecule has 160 valence electrons. The lowest BCUT2D eigenvalue weighted by molar-refractivity contribution is 1.31. The molecule has 2 N–H and O–H groups in total. The van der Waals surface area contributed by atoms with Gasteiger partial charge >= 0.3 is 0 Å². The Morgan fingerprint density at radius 3 is 2.15 bits per heavy atom. The van der Waals surface area contributed by atoms with Crippen molar-refractivity contribution in [2.45, 2.75) is 0 Å². The van der Waals surface area contributed by atoms with Crippen molar-refractivity contribution >= 4 is 35.8 Å². The fourth-order valence-electron chi connectivity index (χ4n) is 4.32. The smallest absolute Gasteiger partial charge is 0.140 e. The molecule has 0 spiro atoms. The summed E-state index contributed by atoms with van der Waals surface area (Å²) in [6.45, 7) is 0. The highest BCUT2D eigenvalue weighted by Crippen LogP contribution is 2.36. The molecule has 0 amide bonds. The van der Waals surface area contributed by atoms with Gasteiger partial charge in [-0.1, -0.05) is 95.9 Å². The number of aromatic nitrogens is 3. The highest BCUT2D eigenvalue weighted by Gasteiger charge is 2.17. The molecule has 0 bridgehead atoms. The number of benzene rings is 4. The quantitative estimate of drug-likeness (QED) is 0.276. The molecule has 0 aliphatic carbocycles. The monoisotopic (exact) mass is 455 g/mol. The minimum absolute atomic E-state index is 0.698. The first-order valence-electron chi connectivity index (χ1n) is 11.0. The van der Waals surface area contributed by atoms with Crippen LogP contribution >= 0.6 is 11.6 Å². The first-order chi connectivity index (χ1) is 16.7. The highest BCUT2D eigenvalue weighted by molar-refractivity contribution is 6.33. The third-order valence-corrected chi connectivity index (χ3v) is 6.32. The Bertz CT molecular complexity index is 1600. The van der Waals surface area contributed by atoms with Crippen molar-refractivity contribution in [3.63, 3.8) is 0 Å². The van der Waals surface area contributed by atoms with Crippen LogP contribution in [0.4, 0.5) is 0 Å². The van der Waals surface area contributed by atoms with Gasteiger partial charge in [0.1, 0.15) is 13.7 Å². The van der Waals surface area contributed by atoms with Gasteiger partial charge in [-0.3, -0.25) is 0 Å². The number of nitrogens with zero attached hydrogens (tertiary/aromatic N) is 1. The second kappa shape index (κ2) is 8.40. The Labute approximate surface area is 203 Å². The van der Waals surface area contributed by atoms with Crippen molar-refractivity contribution in [2.75, 3.05) is 0 Å². The summed E-state index contributed by atoms with van der Waals surface area (Å²) in [5.41, 5.74) is 8.94. The van der Waals surface area contributed by atoms with Crippen molar-refractivity contribution < 1.29 is 0 Å². The Balaban J connectivity index is 1.50. The largest absolute Gasteiger partial charge is 0.360 e. The van der Waals surface area contributed by atoms with Crippen LogP contribution in [-0.4, -0.2) is 22.8 Å². The number of rotatable bonds is 4. The number of H-pyrrole nitrogens is 2. The Hall–Kier alpha value is -4.02. The molecular weight excluding hydrogens is 437 g/mol. The molecule has 0 unspecified atom stereocenters. The summed E-state index contributed by atoms with van der Waals surface area (Å²) in [5, 5.41) is 1.73. The lowest BCUT2D eigenvalue weighted by atomic mass is 9.94. The van der Waals surface area contributed by atoms with E-state index in [1.165, 1.54) is 11.1 Å². The second-order valence-corrected chi connectivity index (χ2v) is 8.70. The van der Waals surface area contributed by atoms with Crippen LogP contribution in [0.5, 0.6) is 0 Å². The van der Waals surface area contributed by atoms with E-state index in [4.69, 9.17) is 24.4 Å². The SMILES string of the molecule is [B]c1ccc2[nH]cc(-c3nc(-c4ccc(-c5ccccc5)cc4)c(-c4ccc(Cl)cc4)[nH]3)c2c1. The maximum absolute atomic E-state index is 6.16. The molecule has 5 heteroatoms. The topological polar surface area (TPSA) is 44.5 Å². The fourth-order valence-corrected chi connectivity index (χ4v) is 4.45. The third-order valence-electron chi connectivity index (χ3n) is 6.06. The van der Waals surface area contributed by atoms with Crippen LogP contribution in [0.1, 0.15) is 0 Å². The van der Waals surface area contributed by atoms with E-state index in [2.05, 4.69) is 58.5 Å². The highest BCUT2D eigenvalue weighted by atomic mass is 35.5. The van der Waals surface area contributed by atoms with Crippen molar-refractivity contribution in [1.29, 1.82) is 0 Å². The van der Waals surface area contributed by atoms with Gasteiger partial charge in [0.25, 0.3) is 0 Å². The zero-order chi connectivity index (χ0) is 23.1. The molecule has 2 heterocycles. The number of imidazole rings is 1. The minimum Gasteiger partial charge on any atom is -0.360 e. The molecule has 2 radical (unpaired) electrons. The van der Waals surface area contributed by atoms with Crippen LogP contribution in [0.3, 0.4) is 0 Å². The van der Waals surface area contributed by atoms with E-state index in [0.29, 0.717) is 5.02 Å². The maximum Gasteiger partial charge on any atom is 0.140 e. The van der Waals surface area contributed by atoms with Crippen LogP contribution in [0.2, 0.25) is 5.02 Å². The predicted molar refractivity (Wildman–Crippen MR) is 143 cm³/mol. The molecule has 0 saturated carbocycles. The van der Waals surface area contributed by atoms with Crippen LogP contribution in [0, 0.1) is 0 Å². The third kappa shape index (κ3) is 3.72. The lowest BCUT2D eigenvalue weighted by Gasteiger charge is -2.06. The van der Waals surface area contributed by atoms with Crippen molar-refractivity contribution in [3.05, 3.63) is 108 Å². The van der Waals surface area contributed by atoms with Gasteiger partial charge in [0.15, 0.2) is 0 Å². The van der Waals surface area contributed by atoms with Crippen molar-refractivity contribution in [1.82, 2.24) is 15.0 Å². The van der Waals surface area contributed by atoms with E-state index in [0.717, 1.165) is 50.3 Å². The van der Waals surface area contributed by atoms with Crippen molar-refractivity contribution in [2.24, 2.45) is 0 Å². The Morgan fingerprint density at radius 1 is 0.706 bits per heavy atom. The summed E-state index contributed by atoms with van der Waals surface area (Å²) < 4.78 is 0. The molecule has 6 aromatic rings. The van der Waals surface area contributed by atoms with Gasteiger partial charge in [0, 0.05) is 38.8 Å². The normalized spacial score (nSPS) is 11.2. The summed E-state index contributed by atoms with van der Waals surface area (Å²) in [6.07, 6.45) is 1.97. The molecule has 0 atom stereocenters. The van der Waals surface area contributed by atoms with Gasteiger partial charge in [0.2, 0.25) is 0 Å². The fraction of sp³-hybridized carbons (Fsp3) is 0. The van der Waals surface area contributed by atoms with E-state index in [-0.39, 0.29) is 0 Å². The van der Waals surface area contributed by atoms with E-state index in [9.17, 15) is 0 Å². The summed E-state index contributed by atoms with van der Waals surface area (Å²) in [5.74, 6) is 0.781. The standard InChI is InChI=1S/C29H19BClN3/c30-22-12-15-26-24(16-22)25(17-32-26)29-33-27(28(34-29)21-10-13-23(31)14-11-21)20-8-6-19(7-9-20)18-4-2-1-3-5-18/h1-17,32H,(H,33,34). The van der Waals surface area contributed by atoms with Crippen LogP contribution < -0.4 is 5.46 Å². The molecule has 6 rings (SSSR count). The Morgan fingerprint density at radius 2 is 1.38 bits per heavy atom. The van der Waals surface area contributed by atoms with Gasteiger partial charge < -0.3 is 9.97 Å². The molecule has 34 heavy (non-hydrogen) atoms. The molecule has 0 aliphatic rings. The average Bonchev–Trinajstić information content (AvgIpc) is 3.49. The second-order valence-electron chi connectivity index (χ2n) is 8.27. The number of nitrogens with one attached hydrogen (secondary N) is 2. The molecule has 4 aromatic carbocycles. The summed E-state index contributed by atoms with van der Waals surface area (Å²) >= 11 is 6.16. The molecule has 0 fully saturated rings. The van der Waals surface area contributed by atoms with Gasteiger partial charge in [-0.25, -0.2) is 4.98 Å². The van der Waals surface area contributed by atoms with E-state index in [1.54, 1.807) is 0 Å². The summed E-state index contributed by atoms with van der Waals surface area (Å²) in [7, 11) is 6.07. The first kappa shape index (κ1) is 20.6. The Kier molecular flexibility index (Phi) is 5.08. The number of aromatic amines is 2. The van der Waals surface area contributed by atoms with Crippen molar-refractivity contribution in [3.8, 4) is 45.0 Å². The minimum atomic E-state index is 0.698. The summed E-state index contributed by atoms with van der Waals surface area (Å²) in [4.78, 5) is 11.9. The van der Waals surface area contributed by atoms with Crippen LogP contribution in [0.15, 0.2) is 103 Å². The molecule has 2 aromatic heterocycles. The number of fused-ring (bicyclic) bond motifs is 1. The maximum atomic E-state index is 6.16. The number of hydrogen-bond acceptors (Lipinski definition) is 1. The van der Waals surface area contributed by atoms with Gasteiger partial charge in [-0.2, -0.15) is 0 Å². The molecular formula is C29H19BClN3. The van der Waals surface area contributed by atoms with Crippen LogP contribution in [-0.2, 0) is 0 Å². The van der Waals surface area contributed by atoms with E-state index < -0.39 is 0 Å². The molecule has 0 saturated heterocycles. The van der Waals surface area contributed by atoms with Crippen LogP contribution in [0.25, 0.3) is 55.9 Å². The number of halogens is 1. The average molecular weight is 456 g/mol. The number of hydrogen-bond donors (Lipinski definition) is 2. The van der Waals surface area contributed by atoms with Gasteiger partial charge in [-0.05, 0) is 29.3 Å². The first-order valence-corrected chi connectivity index (χ1v) is 11.4. The zero-order valence-electron chi connectivity index (χ0n) is 18.2. The summed E-state index contributed by atoms with van der Waals surface area (Å²) in [6, 6.07) is 32.5. The van der Waals surface area contributed by atoms with Gasteiger partial charge in [-0.15, -0.1) is 0 Å².